The van der Waals surface area contributed by atoms with Crippen molar-refractivity contribution in [1.82, 2.24) is 0 Å². The first-order valence-electron chi connectivity index (χ1n) is 10.2. The zero-order chi connectivity index (χ0) is 24.3. The third-order valence-electron chi connectivity index (χ3n) is 4.80. The maximum absolute atomic E-state index is 11.8. The molecule has 33 heavy (non-hydrogen) atoms. The lowest BCUT2D eigenvalue weighted by atomic mass is 10.1. The van der Waals surface area contributed by atoms with Crippen molar-refractivity contribution in [3.63, 3.8) is 0 Å². The van der Waals surface area contributed by atoms with Crippen molar-refractivity contribution in [2.75, 3.05) is 13.2 Å². The van der Waals surface area contributed by atoms with E-state index in [1.165, 1.54) is 6.92 Å². The predicted molar refractivity (Wildman–Crippen MR) is 102 cm³/mol. The molecular formula is C20H26O13. The first-order chi connectivity index (χ1) is 15.6. The lowest BCUT2D eigenvalue weighted by molar-refractivity contribution is -0.190. The fourth-order valence-electron chi connectivity index (χ4n) is 3.55. The first kappa shape index (κ1) is 25.1. The molecule has 3 fully saturated rings. The summed E-state index contributed by atoms with van der Waals surface area (Å²) in [4.78, 5) is 46.3. The Morgan fingerprint density at radius 1 is 0.909 bits per heavy atom. The van der Waals surface area contributed by atoms with Gasteiger partial charge in [-0.1, -0.05) is 0 Å². The summed E-state index contributed by atoms with van der Waals surface area (Å²) in [5, 5.41) is 10.8. The number of hydrogen-bond acceptors (Lipinski definition) is 13. The Morgan fingerprint density at radius 2 is 1.58 bits per heavy atom. The zero-order valence-corrected chi connectivity index (χ0v) is 18.5. The van der Waals surface area contributed by atoms with Crippen LogP contribution in [0, 0.1) is 0 Å². The molecule has 0 aromatic rings. The van der Waals surface area contributed by atoms with E-state index in [0.29, 0.717) is 0 Å². The second kappa shape index (κ2) is 10.6. The number of rotatable bonds is 10. The van der Waals surface area contributed by atoms with E-state index in [9.17, 15) is 24.3 Å². The molecule has 1 N–H and O–H groups in total. The van der Waals surface area contributed by atoms with Gasteiger partial charge in [0.1, 0.15) is 24.4 Å². The average molecular weight is 474 g/mol. The Hall–Kier alpha value is -2.58. The monoisotopic (exact) mass is 474 g/mol. The molecule has 2 bridgehead atoms. The number of aliphatic hydroxyl groups is 1. The van der Waals surface area contributed by atoms with Crippen LogP contribution in [0.4, 0.5) is 0 Å². The normalized spacial score (nSPS) is 29.7. The molecule has 0 aliphatic carbocycles. The van der Waals surface area contributed by atoms with Crippen molar-refractivity contribution >= 4 is 23.9 Å². The van der Waals surface area contributed by atoms with Gasteiger partial charge in [-0.2, -0.15) is 0 Å². The summed E-state index contributed by atoms with van der Waals surface area (Å²) in [7, 11) is 0. The molecule has 3 heterocycles. The van der Waals surface area contributed by atoms with Crippen molar-refractivity contribution in [2.24, 2.45) is 0 Å². The van der Waals surface area contributed by atoms with E-state index in [4.69, 9.17) is 37.9 Å². The number of carbonyl (C=O) groups excluding carboxylic acids is 4. The van der Waals surface area contributed by atoms with Crippen molar-refractivity contribution in [3.8, 4) is 0 Å². The highest BCUT2D eigenvalue weighted by Crippen LogP contribution is 2.43. The van der Waals surface area contributed by atoms with Crippen LogP contribution < -0.4 is 0 Å². The highest BCUT2D eigenvalue weighted by molar-refractivity contribution is 5.70. The van der Waals surface area contributed by atoms with Crippen LogP contribution in [0.2, 0.25) is 0 Å². The number of hydrogen-bond donors (Lipinski definition) is 1. The van der Waals surface area contributed by atoms with Gasteiger partial charge in [0.15, 0.2) is 18.2 Å². The van der Waals surface area contributed by atoms with Gasteiger partial charge in [-0.15, -0.1) is 0 Å². The van der Waals surface area contributed by atoms with Gasteiger partial charge in [0.05, 0.1) is 13.2 Å². The van der Waals surface area contributed by atoms with Gasteiger partial charge in [0.25, 0.3) is 0 Å². The van der Waals surface area contributed by atoms with Crippen molar-refractivity contribution in [1.29, 1.82) is 0 Å². The average Bonchev–Trinajstić information content (AvgIpc) is 3.39. The van der Waals surface area contributed by atoms with Crippen LogP contribution in [0.1, 0.15) is 34.1 Å². The van der Waals surface area contributed by atoms with Crippen LogP contribution in [0.25, 0.3) is 0 Å². The van der Waals surface area contributed by atoms with Crippen molar-refractivity contribution in [3.05, 3.63) is 11.5 Å². The fraction of sp³-hybridized carbons (Fsp3) is 0.700. The molecule has 0 aromatic carbocycles. The molecule has 3 saturated heterocycles. The van der Waals surface area contributed by atoms with E-state index < -0.39 is 72.4 Å². The number of carbonyl (C=O) groups is 4. The Balaban J connectivity index is 1.89. The fourth-order valence-corrected chi connectivity index (χ4v) is 3.55. The summed E-state index contributed by atoms with van der Waals surface area (Å²) < 4.78 is 42.5. The van der Waals surface area contributed by atoms with E-state index in [-0.39, 0.29) is 25.7 Å². The first-order valence-corrected chi connectivity index (χ1v) is 10.2. The highest BCUT2D eigenvalue weighted by atomic mass is 16.8. The minimum absolute atomic E-state index is 0.169. The van der Waals surface area contributed by atoms with Crippen molar-refractivity contribution in [2.45, 2.75) is 77.2 Å². The summed E-state index contributed by atoms with van der Waals surface area (Å²) in [6.45, 7) is 4.38. The Labute approximate surface area is 188 Å². The van der Waals surface area contributed by atoms with E-state index >= 15 is 0 Å². The minimum Gasteiger partial charge on any atom is -0.466 e. The number of aliphatic hydroxyl groups excluding tert-OH is 1. The molecular weight excluding hydrogens is 448 g/mol. The number of epoxide rings is 1. The van der Waals surface area contributed by atoms with Gasteiger partial charge < -0.3 is 43.0 Å². The number of esters is 4. The Kier molecular flexibility index (Phi) is 8.02. The van der Waals surface area contributed by atoms with Gasteiger partial charge in [-0.05, 0) is 0 Å². The number of ether oxygens (including phenoxy) is 8. The summed E-state index contributed by atoms with van der Waals surface area (Å²) in [6.07, 6.45) is -6.05. The standard InChI is InChI=1S/C20H26O13/c1-8(21)26-6-5-12(28-9(2)22)14(29-10(3)23)17(30-11(4)24)19(25)33-15-13-7-27-20(31-13)18-16(15)32-18/h12-13,15-16,18-20,25H,5-7H2,1-4H3/b17-14+/t12-,13?,15-,16?,18?,19+,20-/m1/s1. The van der Waals surface area contributed by atoms with E-state index in [1.807, 2.05) is 0 Å². The van der Waals surface area contributed by atoms with Crippen molar-refractivity contribution < 1.29 is 62.2 Å². The molecule has 3 unspecified atom stereocenters. The van der Waals surface area contributed by atoms with Crippen LogP contribution in [0.5, 0.6) is 0 Å². The molecule has 0 saturated carbocycles. The maximum Gasteiger partial charge on any atom is 0.308 e. The van der Waals surface area contributed by atoms with E-state index in [0.717, 1.165) is 20.8 Å². The van der Waals surface area contributed by atoms with Crippen LogP contribution in [-0.2, 0) is 57.1 Å². The van der Waals surface area contributed by atoms with E-state index in [2.05, 4.69) is 0 Å². The quantitative estimate of drug-likeness (QED) is 0.141. The third-order valence-corrected chi connectivity index (χ3v) is 4.80. The summed E-state index contributed by atoms with van der Waals surface area (Å²) in [6, 6.07) is 0. The van der Waals surface area contributed by atoms with Gasteiger partial charge in [0, 0.05) is 34.1 Å². The molecule has 3 rings (SSSR count). The molecule has 184 valence electrons. The van der Waals surface area contributed by atoms with Crippen LogP contribution >= 0.6 is 0 Å². The smallest absolute Gasteiger partial charge is 0.308 e. The van der Waals surface area contributed by atoms with Crippen LogP contribution in [-0.4, -0.2) is 85.3 Å². The molecule has 13 nitrogen and oxygen atoms in total. The molecule has 7 atom stereocenters. The zero-order valence-electron chi connectivity index (χ0n) is 18.5. The molecule has 0 radical (unpaired) electrons. The molecule has 0 amide bonds. The molecule has 0 spiro atoms. The Bertz CT molecular complexity index is 821. The topological polar surface area (TPSA) is 166 Å². The lowest BCUT2D eigenvalue weighted by Crippen LogP contribution is -2.44. The van der Waals surface area contributed by atoms with Gasteiger partial charge >= 0.3 is 23.9 Å². The van der Waals surface area contributed by atoms with E-state index in [1.54, 1.807) is 0 Å². The molecule has 0 aromatic heterocycles. The summed E-state index contributed by atoms with van der Waals surface area (Å²) >= 11 is 0. The van der Waals surface area contributed by atoms with Gasteiger partial charge in [0.2, 0.25) is 12.0 Å². The largest absolute Gasteiger partial charge is 0.466 e. The maximum atomic E-state index is 11.8. The summed E-state index contributed by atoms with van der Waals surface area (Å²) in [5.41, 5.74) is 0. The minimum atomic E-state index is -1.94. The lowest BCUT2D eigenvalue weighted by Gasteiger charge is -2.29. The van der Waals surface area contributed by atoms with Gasteiger partial charge in [-0.3, -0.25) is 19.2 Å². The molecule has 3 aliphatic rings. The third kappa shape index (κ3) is 6.48. The van der Waals surface area contributed by atoms with Crippen LogP contribution in [0.15, 0.2) is 11.5 Å². The highest BCUT2D eigenvalue weighted by Gasteiger charge is 2.62. The SMILES string of the molecule is CC(=O)OCC[C@@H](OC(C)=O)/C(OC(C)=O)=C(\OC(C)=O)[C@@H](O)O[C@@H]1C2CO[C@H](O2)C2OC21. The van der Waals surface area contributed by atoms with Gasteiger partial charge in [-0.25, -0.2) is 0 Å². The van der Waals surface area contributed by atoms with Crippen LogP contribution in [0.3, 0.4) is 0 Å². The predicted octanol–water partition coefficient (Wildman–Crippen LogP) is -0.565. The Morgan fingerprint density at radius 3 is 2.18 bits per heavy atom. The second-order valence-corrected chi connectivity index (χ2v) is 7.54. The second-order valence-electron chi connectivity index (χ2n) is 7.54. The molecule has 3 aliphatic heterocycles. The summed E-state index contributed by atoms with van der Waals surface area (Å²) in [5.74, 6) is -4.18. The number of fused-ring (bicyclic) bond motifs is 4. The molecule has 13 heteroatoms.